The zero-order valence-electron chi connectivity index (χ0n) is 24.4. The minimum Gasteiger partial charge on any atom is -0.543 e. The molecule has 0 radical (unpaired) electrons. The van der Waals surface area contributed by atoms with E-state index in [2.05, 4.69) is 59.7 Å². The maximum absolute atomic E-state index is 14.0. The Morgan fingerprint density at radius 2 is 1.38 bits per heavy atom. The molecule has 0 saturated heterocycles. The third kappa shape index (κ3) is 3.79. The first kappa shape index (κ1) is 26.8. The maximum atomic E-state index is 14.0. The normalized spacial score (nSPS) is 17.5. The van der Waals surface area contributed by atoms with Gasteiger partial charge in [-0.25, -0.2) is 4.90 Å². The monoisotopic (exact) mass is 553 g/mol. The van der Waals surface area contributed by atoms with Crippen LogP contribution in [0.4, 0.5) is 5.69 Å². The van der Waals surface area contributed by atoms with Crippen LogP contribution >= 0.6 is 0 Å². The van der Waals surface area contributed by atoms with Crippen molar-refractivity contribution in [1.29, 1.82) is 0 Å². The Bertz CT molecular complexity index is 1470. The zero-order valence-corrected chi connectivity index (χ0v) is 25.4. The highest BCUT2D eigenvalue weighted by atomic mass is 28.4. The molecule has 40 heavy (non-hydrogen) atoms. The number of carbonyl (C=O) groups excluding carboxylic acids is 2. The molecule has 2 heterocycles. The molecule has 2 aliphatic heterocycles. The van der Waals surface area contributed by atoms with Crippen LogP contribution in [0.15, 0.2) is 60.7 Å². The second-order valence-corrected chi connectivity index (χ2v) is 17.9. The van der Waals surface area contributed by atoms with E-state index in [4.69, 9.17) is 9.16 Å². The minimum atomic E-state index is -2.14. The summed E-state index contributed by atoms with van der Waals surface area (Å²) in [4.78, 5) is 28.8. The molecule has 1 saturated carbocycles. The van der Waals surface area contributed by atoms with E-state index in [1.54, 1.807) is 0 Å². The van der Waals surface area contributed by atoms with Crippen molar-refractivity contribution in [1.82, 2.24) is 0 Å². The van der Waals surface area contributed by atoms with Crippen LogP contribution < -0.4 is 14.1 Å². The van der Waals surface area contributed by atoms with Gasteiger partial charge in [-0.05, 0) is 78.2 Å². The fourth-order valence-electron chi connectivity index (χ4n) is 7.83. The minimum absolute atomic E-state index is 0.261. The number of benzene rings is 3. The summed E-state index contributed by atoms with van der Waals surface area (Å²) in [5.74, 6) is 1.14. The van der Waals surface area contributed by atoms with Gasteiger partial charge in [-0.15, -0.1) is 0 Å². The predicted octanol–water partition coefficient (Wildman–Crippen LogP) is 8.87. The zero-order chi connectivity index (χ0) is 28.4. The van der Waals surface area contributed by atoms with E-state index in [0.717, 1.165) is 53.9 Å². The number of fused-ring (bicyclic) bond motifs is 6. The molecule has 0 aromatic heterocycles. The molecule has 6 rings (SSSR count). The van der Waals surface area contributed by atoms with Gasteiger partial charge in [0, 0.05) is 17.2 Å². The molecule has 0 N–H and O–H groups in total. The van der Waals surface area contributed by atoms with Gasteiger partial charge in [-0.1, -0.05) is 65.8 Å². The number of carbonyl (C=O) groups is 2. The smallest absolute Gasteiger partial charge is 0.266 e. The SMILES string of the molecule is CC(C)[Si](Oc1ccc2c(c1)OC1(CCCC1)c1c-2ccc2c1C(=O)N(c1ccccc1)C2=O)(C(C)C)C(C)C. The van der Waals surface area contributed by atoms with Crippen LogP contribution in [0.1, 0.15) is 93.5 Å². The second kappa shape index (κ2) is 9.62. The fraction of sp³-hybridized carbons (Fsp3) is 0.412. The van der Waals surface area contributed by atoms with E-state index in [1.807, 2.05) is 42.5 Å². The largest absolute Gasteiger partial charge is 0.543 e. The van der Waals surface area contributed by atoms with Crippen molar-refractivity contribution in [3.05, 3.63) is 77.4 Å². The van der Waals surface area contributed by atoms with E-state index in [0.29, 0.717) is 33.4 Å². The molecule has 0 unspecified atom stereocenters. The first-order valence-electron chi connectivity index (χ1n) is 14.7. The van der Waals surface area contributed by atoms with Gasteiger partial charge in [0.15, 0.2) is 0 Å². The van der Waals surface area contributed by atoms with E-state index >= 15 is 0 Å². The first-order valence-corrected chi connectivity index (χ1v) is 16.9. The van der Waals surface area contributed by atoms with Crippen LogP contribution in [0.2, 0.25) is 16.6 Å². The van der Waals surface area contributed by atoms with Crippen molar-refractivity contribution in [3.63, 3.8) is 0 Å². The molecule has 0 bridgehead atoms. The molecule has 3 aromatic carbocycles. The number of ether oxygens (including phenoxy) is 1. The molecule has 3 aliphatic rings. The van der Waals surface area contributed by atoms with Crippen LogP contribution in [0.3, 0.4) is 0 Å². The van der Waals surface area contributed by atoms with E-state index in [-0.39, 0.29) is 11.8 Å². The molecule has 3 aromatic rings. The second-order valence-electron chi connectivity index (χ2n) is 12.6. The summed E-state index contributed by atoms with van der Waals surface area (Å²) in [5, 5.41) is 0. The molecular weight excluding hydrogens is 514 g/mol. The molecule has 2 amide bonds. The fourth-order valence-corrected chi connectivity index (χ4v) is 13.1. The van der Waals surface area contributed by atoms with Gasteiger partial charge in [-0.3, -0.25) is 9.59 Å². The Morgan fingerprint density at radius 3 is 2.00 bits per heavy atom. The molecule has 208 valence electrons. The molecule has 1 spiro atoms. The quantitative estimate of drug-likeness (QED) is 0.226. The Morgan fingerprint density at radius 1 is 0.775 bits per heavy atom. The average Bonchev–Trinajstić information content (AvgIpc) is 3.49. The van der Waals surface area contributed by atoms with Crippen molar-refractivity contribution >= 4 is 25.8 Å². The van der Waals surface area contributed by atoms with Crippen molar-refractivity contribution in [2.45, 2.75) is 89.5 Å². The standard InChI is InChI=1S/C34H39NO4Si/c1-21(2)40(22(3)4,23(5)6)39-25-14-15-26-27-16-17-28-30(31(27)34(18-10-11-19-34)38-29(26)20-25)33(37)35(32(28)36)24-12-8-7-9-13-24/h7-9,12-17,20-23H,10-11,18-19H2,1-6H3. The highest BCUT2D eigenvalue weighted by molar-refractivity contribution is 6.78. The summed E-state index contributed by atoms with van der Waals surface area (Å²) >= 11 is 0. The van der Waals surface area contributed by atoms with Gasteiger partial charge in [-0.2, -0.15) is 0 Å². The summed E-state index contributed by atoms with van der Waals surface area (Å²) in [7, 11) is -2.14. The average molecular weight is 554 g/mol. The molecule has 1 fully saturated rings. The Labute approximate surface area is 238 Å². The third-order valence-corrected chi connectivity index (χ3v) is 15.5. The lowest BCUT2D eigenvalue weighted by molar-refractivity contribution is 0.0688. The van der Waals surface area contributed by atoms with Crippen LogP contribution in [0.5, 0.6) is 11.5 Å². The van der Waals surface area contributed by atoms with Gasteiger partial charge in [0.1, 0.15) is 17.1 Å². The number of nitrogens with zero attached hydrogens (tertiary/aromatic N) is 1. The molecule has 6 heteroatoms. The van der Waals surface area contributed by atoms with Crippen molar-refractivity contribution in [2.75, 3.05) is 4.90 Å². The van der Waals surface area contributed by atoms with Gasteiger partial charge in [0.2, 0.25) is 0 Å². The van der Waals surface area contributed by atoms with Crippen LogP contribution in [-0.4, -0.2) is 20.1 Å². The Balaban J connectivity index is 1.48. The Hall–Kier alpha value is -3.38. The lowest BCUT2D eigenvalue weighted by Crippen LogP contribution is -2.50. The predicted molar refractivity (Wildman–Crippen MR) is 162 cm³/mol. The molecule has 0 atom stereocenters. The van der Waals surface area contributed by atoms with Gasteiger partial charge in [0.05, 0.1) is 16.8 Å². The van der Waals surface area contributed by atoms with Gasteiger partial charge < -0.3 is 9.16 Å². The molecular formula is C34H39NO4Si. The lowest BCUT2D eigenvalue weighted by Gasteiger charge is -2.43. The first-order chi connectivity index (χ1) is 19.1. The summed E-state index contributed by atoms with van der Waals surface area (Å²) in [6.45, 7) is 13.8. The number of para-hydroxylation sites is 1. The highest BCUT2D eigenvalue weighted by Crippen LogP contribution is 2.56. The van der Waals surface area contributed by atoms with Gasteiger partial charge in [0.25, 0.3) is 20.1 Å². The Kier molecular flexibility index (Phi) is 6.45. The number of anilines is 1. The maximum Gasteiger partial charge on any atom is 0.266 e. The van der Waals surface area contributed by atoms with E-state index in [1.165, 1.54) is 4.90 Å². The van der Waals surface area contributed by atoms with Crippen molar-refractivity contribution < 1.29 is 18.8 Å². The van der Waals surface area contributed by atoms with Crippen LogP contribution in [-0.2, 0) is 5.60 Å². The lowest BCUT2D eigenvalue weighted by atomic mass is 9.78. The summed E-state index contributed by atoms with van der Waals surface area (Å²) in [6.07, 6.45) is 3.67. The summed E-state index contributed by atoms with van der Waals surface area (Å²) in [5.41, 5.74) is 5.15. The number of hydrogen-bond donors (Lipinski definition) is 0. The highest BCUT2D eigenvalue weighted by Gasteiger charge is 2.51. The van der Waals surface area contributed by atoms with Crippen LogP contribution in [0, 0.1) is 0 Å². The molecule has 5 nitrogen and oxygen atoms in total. The molecule has 1 aliphatic carbocycles. The third-order valence-electron chi connectivity index (χ3n) is 9.49. The summed E-state index contributed by atoms with van der Waals surface area (Å²) < 4.78 is 14.0. The topological polar surface area (TPSA) is 55.8 Å². The number of rotatable bonds is 6. The summed E-state index contributed by atoms with van der Waals surface area (Å²) in [6, 6.07) is 19.3. The van der Waals surface area contributed by atoms with Crippen molar-refractivity contribution in [3.8, 4) is 22.6 Å². The number of imide groups is 1. The van der Waals surface area contributed by atoms with E-state index < -0.39 is 13.9 Å². The van der Waals surface area contributed by atoms with Crippen LogP contribution in [0.25, 0.3) is 11.1 Å². The van der Waals surface area contributed by atoms with Crippen molar-refractivity contribution in [2.24, 2.45) is 0 Å². The van der Waals surface area contributed by atoms with Gasteiger partial charge >= 0.3 is 0 Å². The number of amides is 2. The van der Waals surface area contributed by atoms with E-state index in [9.17, 15) is 9.59 Å². The number of hydrogen-bond acceptors (Lipinski definition) is 4.